The topological polar surface area (TPSA) is 55.1 Å². The highest BCUT2D eigenvalue weighted by atomic mass is 35.5. The molecule has 0 aliphatic heterocycles. The Morgan fingerprint density at radius 2 is 1.70 bits per heavy atom. The van der Waals surface area contributed by atoms with E-state index in [1.54, 1.807) is 28.9 Å². The van der Waals surface area contributed by atoms with Gasteiger partial charge in [-0.1, -0.05) is 35.3 Å². The van der Waals surface area contributed by atoms with E-state index in [0.717, 1.165) is 27.5 Å². The largest absolute Gasteiger partial charge is 0.478 e. The number of thiophene rings is 1. The molecule has 1 N–H and O–H groups in total. The van der Waals surface area contributed by atoms with Gasteiger partial charge in [0.1, 0.15) is 5.69 Å². The van der Waals surface area contributed by atoms with Gasteiger partial charge in [0.15, 0.2) is 0 Å². The standard InChI is InChI=1S/C20H12Cl2N2O2S/c21-14-5-1-12(2-6-14)18-11-17(19-16(22)9-10-27-19)23-24(18)15-7-3-13(4-8-15)20(25)26/h1-11H,(H,25,26). The van der Waals surface area contributed by atoms with E-state index in [2.05, 4.69) is 0 Å². The number of aromatic nitrogens is 2. The lowest BCUT2D eigenvalue weighted by atomic mass is 10.1. The van der Waals surface area contributed by atoms with Crippen molar-refractivity contribution in [1.29, 1.82) is 0 Å². The molecular formula is C20H12Cl2N2O2S. The van der Waals surface area contributed by atoms with Gasteiger partial charge in [-0.3, -0.25) is 0 Å². The van der Waals surface area contributed by atoms with Gasteiger partial charge in [-0.05, 0) is 53.9 Å². The number of rotatable bonds is 4. The van der Waals surface area contributed by atoms with Crippen LogP contribution < -0.4 is 0 Å². The monoisotopic (exact) mass is 414 g/mol. The summed E-state index contributed by atoms with van der Waals surface area (Å²) in [6, 6.07) is 17.9. The number of hydrogen-bond donors (Lipinski definition) is 1. The number of carboxylic acid groups (broad SMARTS) is 1. The van der Waals surface area contributed by atoms with Crippen LogP contribution in [0.4, 0.5) is 0 Å². The first-order chi connectivity index (χ1) is 13.0. The van der Waals surface area contributed by atoms with Crippen LogP contribution >= 0.6 is 34.5 Å². The molecule has 27 heavy (non-hydrogen) atoms. The van der Waals surface area contributed by atoms with E-state index < -0.39 is 5.97 Å². The Balaban J connectivity index is 1.88. The zero-order valence-corrected chi connectivity index (χ0v) is 16.1. The first kappa shape index (κ1) is 17.8. The number of benzene rings is 2. The molecule has 0 aliphatic carbocycles. The summed E-state index contributed by atoms with van der Waals surface area (Å²) in [5, 5.41) is 17.0. The minimum atomic E-state index is -0.967. The fourth-order valence-electron chi connectivity index (χ4n) is 2.74. The number of hydrogen-bond acceptors (Lipinski definition) is 3. The van der Waals surface area contributed by atoms with Crippen molar-refractivity contribution in [2.24, 2.45) is 0 Å². The Morgan fingerprint density at radius 1 is 1.00 bits per heavy atom. The predicted octanol–water partition coefficient (Wildman–Crippen LogP) is 6.27. The third kappa shape index (κ3) is 3.49. The highest BCUT2D eigenvalue weighted by Gasteiger charge is 2.16. The number of carbonyl (C=O) groups is 1. The first-order valence-corrected chi connectivity index (χ1v) is 9.59. The van der Waals surface area contributed by atoms with Crippen molar-refractivity contribution in [1.82, 2.24) is 9.78 Å². The smallest absolute Gasteiger partial charge is 0.335 e. The molecular weight excluding hydrogens is 403 g/mol. The molecule has 134 valence electrons. The molecule has 4 nitrogen and oxygen atoms in total. The summed E-state index contributed by atoms with van der Waals surface area (Å²) in [4.78, 5) is 12.0. The lowest BCUT2D eigenvalue weighted by Crippen LogP contribution is -2.01. The molecule has 2 heterocycles. The van der Waals surface area contributed by atoms with E-state index in [4.69, 9.17) is 33.4 Å². The maximum atomic E-state index is 11.1. The van der Waals surface area contributed by atoms with Gasteiger partial charge in [0.05, 0.1) is 26.8 Å². The summed E-state index contributed by atoms with van der Waals surface area (Å²) in [5.74, 6) is -0.967. The molecule has 0 bridgehead atoms. The summed E-state index contributed by atoms with van der Waals surface area (Å²) in [6.07, 6.45) is 0. The molecule has 4 aromatic rings. The maximum Gasteiger partial charge on any atom is 0.335 e. The summed E-state index contributed by atoms with van der Waals surface area (Å²) in [7, 11) is 0. The van der Waals surface area contributed by atoms with E-state index in [0.29, 0.717) is 10.0 Å². The summed E-state index contributed by atoms with van der Waals surface area (Å²) in [5.41, 5.74) is 3.52. The van der Waals surface area contributed by atoms with Gasteiger partial charge in [-0.2, -0.15) is 5.10 Å². The van der Waals surface area contributed by atoms with E-state index in [1.807, 2.05) is 41.8 Å². The van der Waals surface area contributed by atoms with E-state index in [1.165, 1.54) is 11.3 Å². The molecule has 4 rings (SSSR count). The Labute approximate surface area is 169 Å². The maximum absolute atomic E-state index is 11.1. The average molecular weight is 415 g/mol. The molecule has 0 amide bonds. The Bertz CT molecular complexity index is 1120. The number of halogens is 2. The zero-order chi connectivity index (χ0) is 19.0. The summed E-state index contributed by atoms with van der Waals surface area (Å²) < 4.78 is 1.78. The minimum Gasteiger partial charge on any atom is -0.478 e. The van der Waals surface area contributed by atoms with Gasteiger partial charge in [0.2, 0.25) is 0 Å². The fourth-order valence-corrected chi connectivity index (χ4v) is 3.97. The molecule has 0 spiro atoms. The van der Waals surface area contributed by atoms with Crippen molar-refractivity contribution < 1.29 is 9.90 Å². The van der Waals surface area contributed by atoms with Crippen LogP contribution in [0.15, 0.2) is 66.0 Å². The molecule has 0 unspecified atom stereocenters. The highest BCUT2D eigenvalue weighted by Crippen LogP contribution is 2.36. The molecule has 0 saturated carbocycles. The van der Waals surface area contributed by atoms with Gasteiger partial charge in [-0.25, -0.2) is 9.48 Å². The van der Waals surface area contributed by atoms with E-state index in [9.17, 15) is 4.79 Å². The van der Waals surface area contributed by atoms with Crippen LogP contribution in [-0.4, -0.2) is 20.9 Å². The normalized spacial score (nSPS) is 10.9. The molecule has 2 aromatic heterocycles. The van der Waals surface area contributed by atoms with Gasteiger partial charge in [0, 0.05) is 10.6 Å². The van der Waals surface area contributed by atoms with Crippen LogP contribution in [0.25, 0.3) is 27.5 Å². The molecule has 0 atom stereocenters. The van der Waals surface area contributed by atoms with E-state index >= 15 is 0 Å². The van der Waals surface area contributed by atoms with Crippen molar-refractivity contribution in [3.05, 3.63) is 81.7 Å². The van der Waals surface area contributed by atoms with Crippen LogP contribution in [0.5, 0.6) is 0 Å². The van der Waals surface area contributed by atoms with Gasteiger partial charge >= 0.3 is 5.97 Å². The zero-order valence-electron chi connectivity index (χ0n) is 13.8. The Kier molecular flexibility index (Phi) is 4.74. The highest BCUT2D eigenvalue weighted by molar-refractivity contribution is 7.14. The second-order valence-corrected chi connectivity index (χ2v) is 7.54. The first-order valence-electron chi connectivity index (χ1n) is 7.96. The molecule has 0 saturated heterocycles. The number of carboxylic acids is 1. The average Bonchev–Trinajstić information content (AvgIpc) is 3.28. The SMILES string of the molecule is O=C(O)c1ccc(-n2nc(-c3sccc3Cl)cc2-c2ccc(Cl)cc2)cc1. The van der Waals surface area contributed by atoms with E-state index in [-0.39, 0.29) is 5.56 Å². The quantitative estimate of drug-likeness (QED) is 0.427. The third-order valence-electron chi connectivity index (χ3n) is 4.06. The molecule has 0 fully saturated rings. The van der Waals surface area contributed by atoms with Crippen molar-refractivity contribution in [3.8, 4) is 27.5 Å². The van der Waals surface area contributed by atoms with Crippen molar-refractivity contribution in [3.63, 3.8) is 0 Å². The summed E-state index contributed by atoms with van der Waals surface area (Å²) >= 11 is 13.8. The van der Waals surface area contributed by atoms with Crippen LogP contribution in [-0.2, 0) is 0 Å². The predicted molar refractivity (Wildman–Crippen MR) is 109 cm³/mol. The minimum absolute atomic E-state index is 0.223. The summed E-state index contributed by atoms with van der Waals surface area (Å²) in [6.45, 7) is 0. The molecule has 0 radical (unpaired) electrons. The Hall–Kier alpha value is -2.60. The van der Waals surface area contributed by atoms with Gasteiger partial charge < -0.3 is 5.11 Å². The lowest BCUT2D eigenvalue weighted by Gasteiger charge is -2.08. The molecule has 7 heteroatoms. The number of nitrogens with zero attached hydrogens (tertiary/aromatic N) is 2. The fraction of sp³-hybridized carbons (Fsp3) is 0. The number of aromatic carboxylic acids is 1. The van der Waals surface area contributed by atoms with Gasteiger partial charge in [0.25, 0.3) is 0 Å². The van der Waals surface area contributed by atoms with Crippen LogP contribution in [0.3, 0.4) is 0 Å². The Morgan fingerprint density at radius 3 is 2.30 bits per heavy atom. The lowest BCUT2D eigenvalue weighted by molar-refractivity contribution is 0.0697. The molecule has 2 aromatic carbocycles. The van der Waals surface area contributed by atoms with Crippen LogP contribution in [0, 0.1) is 0 Å². The third-order valence-corrected chi connectivity index (χ3v) is 5.67. The second kappa shape index (κ2) is 7.19. The second-order valence-electron chi connectivity index (χ2n) is 5.78. The van der Waals surface area contributed by atoms with Gasteiger partial charge in [-0.15, -0.1) is 11.3 Å². The van der Waals surface area contributed by atoms with Crippen LogP contribution in [0.2, 0.25) is 10.0 Å². The van der Waals surface area contributed by atoms with Crippen molar-refractivity contribution in [2.75, 3.05) is 0 Å². The molecule has 0 aliphatic rings. The van der Waals surface area contributed by atoms with Crippen molar-refractivity contribution in [2.45, 2.75) is 0 Å². The van der Waals surface area contributed by atoms with Crippen LogP contribution in [0.1, 0.15) is 10.4 Å². The van der Waals surface area contributed by atoms with Crippen molar-refractivity contribution >= 4 is 40.5 Å².